The molecule has 5 nitrogen and oxygen atoms in total. The van der Waals surface area contributed by atoms with E-state index >= 15 is 0 Å². The number of methoxy groups -OCH3 is 1. The van der Waals surface area contributed by atoms with Gasteiger partial charge >= 0.3 is 5.97 Å². The van der Waals surface area contributed by atoms with Gasteiger partial charge in [-0.3, -0.25) is 4.79 Å². The second-order valence-corrected chi connectivity index (χ2v) is 6.37. The maximum absolute atomic E-state index is 12.1. The van der Waals surface area contributed by atoms with Gasteiger partial charge in [0.1, 0.15) is 5.38 Å². The van der Waals surface area contributed by atoms with Crippen LogP contribution in [0.3, 0.4) is 0 Å². The Balaban J connectivity index is 2.87. The van der Waals surface area contributed by atoms with E-state index in [1.807, 2.05) is 6.07 Å². The van der Waals surface area contributed by atoms with Crippen molar-refractivity contribution in [3.63, 3.8) is 0 Å². The van der Waals surface area contributed by atoms with Gasteiger partial charge in [-0.15, -0.1) is 11.6 Å². The normalized spacial score (nSPS) is 13.1. The molecule has 0 aromatic heterocycles. The van der Waals surface area contributed by atoms with Crippen LogP contribution in [0, 0.1) is 13.8 Å². The summed E-state index contributed by atoms with van der Waals surface area (Å²) in [4.78, 5) is 11.3. The SMILES string of the molecule is COC(=O)C(Cl)CNS(=O)(=O)c1cc(C)ccc1C. The molecule has 0 aliphatic carbocycles. The molecule has 0 fully saturated rings. The average molecular weight is 306 g/mol. The number of alkyl halides is 1. The summed E-state index contributed by atoms with van der Waals surface area (Å²) < 4.78 is 30.9. The van der Waals surface area contributed by atoms with Gasteiger partial charge < -0.3 is 4.74 Å². The van der Waals surface area contributed by atoms with Crippen molar-refractivity contribution < 1.29 is 17.9 Å². The molecule has 0 spiro atoms. The van der Waals surface area contributed by atoms with Crippen molar-refractivity contribution in [2.24, 2.45) is 0 Å². The van der Waals surface area contributed by atoms with Crippen LogP contribution in [-0.4, -0.2) is 33.4 Å². The van der Waals surface area contributed by atoms with Crippen LogP contribution in [0.25, 0.3) is 0 Å². The molecule has 0 saturated heterocycles. The lowest BCUT2D eigenvalue weighted by Crippen LogP contribution is -2.34. The molecule has 0 amide bonds. The molecule has 0 saturated carbocycles. The number of hydrogen-bond acceptors (Lipinski definition) is 4. The minimum Gasteiger partial charge on any atom is -0.468 e. The van der Waals surface area contributed by atoms with E-state index < -0.39 is 21.4 Å². The molecule has 1 aromatic rings. The molecular weight excluding hydrogens is 290 g/mol. The van der Waals surface area contributed by atoms with Gasteiger partial charge in [0, 0.05) is 6.54 Å². The number of hydrogen-bond donors (Lipinski definition) is 1. The quantitative estimate of drug-likeness (QED) is 0.658. The summed E-state index contributed by atoms with van der Waals surface area (Å²) in [6.07, 6.45) is 0. The number of esters is 1. The van der Waals surface area contributed by atoms with Crippen LogP contribution >= 0.6 is 11.6 Å². The topological polar surface area (TPSA) is 72.5 Å². The van der Waals surface area contributed by atoms with Gasteiger partial charge in [0.25, 0.3) is 0 Å². The Morgan fingerprint density at radius 3 is 2.63 bits per heavy atom. The monoisotopic (exact) mass is 305 g/mol. The lowest BCUT2D eigenvalue weighted by Gasteiger charge is -2.12. The first-order valence-electron chi connectivity index (χ1n) is 5.56. The van der Waals surface area contributed by atoms with E-state index in [0.29, 0.717) is 5.56 Å². The second kappa shape index (κ2) is 6.36. The molecule has 0 aliphatic heterocycles. The fraction of sp³-hybridized carbons (Fsp3) is 0.417. The molecule has 7 heteroatoms. The van der Waals surface area contributed by atoms with Crippen molar-refractivity contribution >= 4 is 27.6 Å². The minimum absolute atomic E-state index is 0.182. The van der Waals surface area contributed by atoms with Crippen molar-refractivity contribution in [3.05, 3.63) is 29.3 Å². The zero-order valence-corrected chi connectivity index (χ0v) is 12.5. The third-order valence-corrected chi connectivity index (χ3v) is 4.44. The Bertz CT molecular complexity index is 571. The van der Waals surface area contributed by atoms with Crippen LogP contribution in [0.15, 0.2) is 23.1 Å². The van der Waals surface area contributed by atoms with E-state index in [0.717, 1.165) is 5.56 Å². The van der Waals surface area contributed by atoms with Crippen LogP contribution in [0.4, 0.5) is 0 Å². The average Bonchev–Trinajstić information content (AvgIpc) is 2.37. The number of halogens is 1. The fourth-order valence-corrected chi connectivity index (χ4v) is 3.10. The zero-order valence-electron chi connectivity index (χ0n) is 10.9. The van der Waals surface area contributed by atoms with Gasteiger partial charge in [0.05, 0.1) is 12.0 Å². The van der Waals surface area contributed by atoms with Gasteiger partial charge in [0.2, 0.25) is 10.0 Å². The highest BCUT2D eigenvalue weighted by atomic mass is 35.5. The first-order chi connectivity index (χ1) is 8.77. The van der Waals surface area contributed by atoms with E-state index in [4.69, 9.17) is 11.6 Å². The summed E-state index contributed by atoms with van der Waals surface area (Å²) in [6.45, 7) is 3.29. The van der Waals surface area contributed by atoms with E-state index in [9.17, 15) is 13.2 Å². The predicted octanol–water partition coefficient (Wildman–Crippen LogP) is 1.36. The molecule has 1 unspecified atom stereocenters. The van der Waals surface area contributed by atoms with Crippen LogP contribution in [0.1, 0.15) is 11.1 Å². The summed E-state index contributed by atoms with van der Waals surface area (Å²) in [5, 5.41) is -1.05. The Morgan fingerprint density at radius 1 is 1.42 bits per heavy atom. The predicted molar refractivity (Wildman–Crippen MR) is 72.8 cm³/mol. The Labute approximate surface area is 118 Å². The lowest BCUT2D eigenvalue weighted by atomic mass is 10.2. The molecule has 0 bridgehead atoms. The van der Waals surface area contributed by atoms with Gasteiger partial charge in [-0.05, 0) is 31.0 Å². The Hall–Kier alpha value is -1.11. The molecule has 1 aromatic carbocycles. The molecular formula is C12H16ClNO4S. The summed E-state index contributed by atoms with van der Waals surface area (Å²) in [5.41, 5.74) is 1.46. The van der Waals surface area contributed by atoms with Crippen molar-refractivity contribution in [3.8, 4) is 0 Å². The van der Waals surface area contributed by atoms with Crippen molar-refractivity contribution in [1.29, 1.82) is 0 Å². The Morgan fingerprint density at radius 2 is 2.05 bits per heavy atom. The highest BCUT2D eigenvalue weighted by Gasteiger charge is 2.21. The maximum Gasteiger partial charge on any atom is 0.325 e. The minimum atomic E-state index is -3.69. The number of rotatable bonds is 5. The fourth-order valence-electron chi connectivity index (χ4n) is 1.47. The van der Waals surface area contributed by atoms with Crippen LogP contribution in [-0.2, 0) is 19.6 Å². The van der Waals surface area contributed by atoms with Gasteiger partial charge in [0.15, 0.2) is 0 Å². The number of carbonyl (C=O) groups is 1. The smallest absolute Gasteiger partial charge is 0.325 e. The van der Waals surface area contributed by atoms with Crippen molar-refractivity contribution in [1.82, 2.24) is 4.72 Å². The van der Waals surface area contributed by atoms with Gasteiger partial charge in [-0.2, -0.15) is 0 Å². The number of carbonyl (C=O) groups excluding carboxylic acids is 1. The summed E-state index contributed by atoms with van der Waals surface area (Å²) in [5.74, 6) is -0.676. The molecule has 106 valence electrons. The number of sulfonamides is 1. The second-order valence-electron chi connectivity index (χ2n) is 4.11. The number of aryl methyl sites for hydroxylation is 2. The number of ether oxygens (including phenoxy) is 1. The summed E-state index contributed by atoms with van der Waals surface area (Å²) in [7, 11) is -2.50. The van der Waals surface area contributed by atoms with Crippen molar-refractivity contribution in [2.45, 2.75) is 24.1 Å². The third kappa shape index (κ3) is 4.19. The molecule has 0 aliphatic rings. The first-order valence-corrected chi connectivity index (χ1v) is 7.48. The van der Waals surface area contributed by atoms with E-state index in [2.05, 4.69) is 9.46 Å². The van der Waals surface area contributed by atoms with Crippen LogP contribution < -0.4 is 4.72 Å². The summed E-state index contributed by atoms with van der Waals surface area (Å²) in [6, 6.07) is 5.12. The molecule has 19 heavy (non-hydrogen) atoms. The highest BCUT2D eigenvalue weighted by molar-refractivity contribution is 7.89. The third-order valence-electron chi connectivity index (χ3n) is 2.54. The first kappa shape index (κ1) is 15.9. The van der Waals surface area contributed by atoms with Crippen LogP contribution in [0.5, 0.6) is 0 Å². The van der Waals surface area contributed by atoms with Gasteiger partial charge in [-0.25, -0.2) is 13.1 Å². The van der Waals surface area contributed by atoms with E-state index in [1.54, 1.807) is 26.0 Å². The van der Waals surface area contributed by atoms with Crippen molar-refractivity contribution in [2.75, 3.05) is 13.7 Å². The highest BCUT2D eigenvalue weighted by Crippen LogP contribution is 2.16. The summed E-state index contributed by atoms with van der Waals surface area (Å²) >= 11 is 5.69. The molecule has 1 atom stereocenters. The standard InChI is InChI=1S/C12H16ClNO4S/c1-8-4-5-9(2)11(6-8)19(16,17)14-7-10(13)12(15)18-3/h4-6,10,14H,7H2,1-3H3. The largest absolute Gasteiger partial charge is 0.468 e. The molecule has 1 N–H and O–H groups in total. The van der Waals surface area contributed by atoms with Crippen LogP contribution in [0.2, 0.25) is 0 Å². The molecule has 1 rings (SSSR count). The van der Waals surface area contributed by atoms with E-state index in [1.165, 1.54) is 7.11 Å². The number of benzene rings is 1. The molecule has 0 heterocycles. The lowest BCUT2D eigenvalue weighted by molar-refractivity contribution is -0.140. The maximum atomic E-state index is 12.1. The zero-order chi connectivity index (χ0) is 14.6. The number of nitrogens with one attached hydrogen (secondary N) is 1. The Kier molecular flexibility index (Phi) is 5.34. The molecule has 0 radical (unpaired) electrons. The van der Waals surface area contributed by atoms with E-state index in [-0.39, 0.29) is 11.4 Å². The van der Waals surface area contributed by atoms with Gasteiger partial charge in [-0.1, -0.05) is 12.1 Å².